The summed E-state index contributed by atoms with van der Waals surface area (Å²) in [6, 6.07) is 14.5. The summed E-state index contributed by atoms with van der Waals surface area (Å²) in [7, 11) is 0. The summed E-state index contributed by atoms with van der Waals surface area (Å²) < 4.78 is 13.0. The number of amides is 1. The highest BCUT2D eigenvalue weighted by Gasteiger charge is 2.18. The monoisotopic (exact) mass is 367 g/mol. The molecule has 0 unspecified atom stereocenters. The summed E-state index contributed by atoms with van der Waals surface area (Å²) in [5.41, 5.74) is 4.22. The molecule has 4 rings (SSSR count). The van der Waals surface area contributed by atoms with E-state index in [0.717, 1.165) is 30.8 Å². The van der Waals surface area contributed by atoms with Crippen LogP contribution in [0.1, 0.15) is 11.1 Å². The fraction of sp³-hybridized carbons (Fsp3) is 0.200. The Kier molecular flexibility index (Phi) is 4.77. The van der Waals surface area contributed by atoms with Gasteiger partial charge in [-0.15, -0.1) is 11.3 Å². The third-order valence-corrected chi connectivity index (χ3v) is 5.23. The average Bonchev–Trinajstić information content (AvgIpc) is 3.10. The number of aromatic nitrogens is 1. The molecule has 1 N–H and O–H groups in total. The molecule has 0 aliphatic carbocycles. The number of anilines is 1. The third kappa shape index (κ3) is 3.81. The van der Waals surface area contributed by atoms with Gasteiger partial charge in [0.2, 0.25) is 5.91 Å². The molecule has 0 radical (unpaired) electrons. The second-order valence-corrected chi connectivity index (χ2v) is 7.18. The van der Waals surface area contributed by atoms with Crippen LogP contribution in [0.15, 0.2) is 53.9 Å². The zero-order chi connectivity index (χ0) is 17.9. The van der Waals surface area contributed by atoms with Crippen LogP contribution in [0, 0.1) is 5.82 Å². The lowest BCUT2D eigenvalue weighted by Crippen LogP contribution is -2.37. The predicted octanol–water partition coefficient (Wildman–Crippen LogP) is 3.95. The zero-order valence-corrected chi connectivity index (χ0v) is 14.9. The van der Waals surface area contributed by atoms with E-state index in [1.165, 1.54) is 34.6 Å². The molecule has 132 valence electrons. The quantitative estimate of drug-likeness (QED) is 0.760. The molecule has 0 spiro atoms. The Balaban J connectivity index is 1.36. The van der Waals surface area contributed by atoms with Crippen molar-refractivity contribution in [3.63, 3.8) is 0 Å². The molecule has 4 nitrogen and oxygen atoms in total. The summed E-state index contributed by atoms with van der Waals surface area (Å²) in [6.07, 6.45) is 0.968. The van der Waals surface area contributed by atoms with Gasteiger partial charge in [-0.2, -0.15) is 0 Å². The Morgan fingerprint density at radius 3 is 2.73 bits per heavy atom. The van der Waals surface area contributed by atoms with Crippen LogP contribution in [0.4, 0.5) is 9.52 Å². The molecule has 6 heteroatoms. The first kappa shape index (κ1) is 16.9. The lowest BCUT2D eigenvalue weighted by molar-refractivity contribution is -0.117. The van der Waals surface area contributed by atoms with Crippen molar-refractivity contribution in [2.24, 2.45) is 0 Å². The minimum absolute atomic E-state index is 0.0654. The Labute approximate surface area is 155 Å². The van der Waals surface area contributed by atoms with Crippen LogP contribution in [0.25, 0.3) is 11.3 Å². The molecule has 26 heavy (non-hydrogen) atoms. The SMILES string of the molecule is O=C(CN1CCc2ccccc2C1)Nc1nc(-c2ccc(F)cc2)cs1. The standard InChI is InChI=1S/C20H18FN3OS/c21-17-7-5-15(6-8-17)18-13-26-20(22-18)23-19(25)12-24-10-9-14-3-1-2-4-16(14)11-24/h1-8,13H,9-12H2,(H,22,23,25). The summed E-state index contributed by atoms with van der Waals surface area (Å²) in [5.74, 6) is -0.343. The van der Waals surface area contributed by atoms with Gasteiger partial charge >= 0.3 is 0 Å². The number of hydrogen-bond acceptors (Lipinski definition) is 4. The topological polar surface area (TPSA) is 45.2 Å². The maximum Gasteiger partial charge on any atom is 0.240 e. The molecular formula is C20H18FN3OS. The van der Waals surface area contributed by atoms with Crippen LogP contribution in [-0.2, 0) is 17.8 Å². The molecule has 1 aliphatic rings. The Morgan fingerprint density at radius 1 is 1.15 bits per heavy atom. The van der Waals surface area contributed by atoms with E-state index in [-0.39, 0.29) is 11.7 Å². The molecular weight excluding hydrogens is 349 g/mol. The number of benzene rings is 2. The van der Waals surface area contributed by atoms with E-state index in [0.29, 0.717) is 11.7 Å². The molecule has 3 aromatic rings. The average molecular weight is 367 g/mol. The molecule has 0 atom stereocenters. The molecule has 0 bridgehead atoms. The summed E-state index contributed by atoms with van der Waals surface area (Å²) >= 11 is 1.37. The number of hydrogen-bond donors (Lipinski definition) is 1. The van der Waals surface area contributed by atoms with Crippen molar-refractivity contribution in [1.29, 1.82) is 0 Å². The number of thiazole rings is 1. The van der Waals surface area contributed by atoms with E-state index in [4.69, 9.17) is 0 Å². The highest BCUT2D eigenvalue weighted by atomic mass is 32.1. The lowest BCUT2D eigenvalue weighted by Gasteiger charge is -2.27. The van der Waals surface area contributed by atoms with Gasteiger partial charge in [0.15, 0.2) is 5.13 Å². The van der Waals surface area contributed by atoms with Crippen molar-refractivity contribution in [3.8, 4) is 11.3 Å². The van der Waals surface area contributed by atoms with E-state index >= 15 is 0 Å². The number of carbonyl (C=O) groups excluding carboxylic acids is 1. The predicted molar refractivity (Wildman–Crippen MR) is 102 cm³/mol. The van der Waals surface area contributed by atoms with Gasteiger partial charge in [-0.25, -0.2) is 9.37 Å². The first-order valence-corrected chi connectivity index (χ1v) is 9.36. The van der Waals surface area contributed by atoms with Gasteiger partial charge in [0.05, 0.1) is 12.2 Å². The molecule has 1 amide bonds. The molecule has 0 fully saturated rings. The van der Waals surface area contributed by atoms with Crippen molar-refractivity contribution in [2.75, 3.05) is 18.4 Å². The first-order valence-electron chi connectivity index (χ1n) is 8.48. The number of carbonyl (C=O) groups is 1. The van der Waals surface area contributed by atoms with Crippen LogP contribution < -0.4 is 5.32 Å². The first-order chi connectivity index (χ1) is 12.7. The van der Waals surface area contributed by atoms with Gasteiger partial charge in [-0.1, -0.05) is 24.3 Å². The number of nitrogens with zero attached hydrogens (tertiary/aromatic N) is 2. The highest BCUT2D eigenvalue weighted by molar-refractivity contribution is 7.14. The minimum atomic E-state index is -0.277. The molecule has 0 saturated heterocycles. The number of halogens is 1. The fourth-order valence-electron chi connectivity index (χ4n) is 3.14. The van der Waals surface area contributed by atoms with Crippen LogP contribution >= 0.6 is 11.3 Å². The van der Waals surface area contributed by atoms with Gasteiger partial charge in [0.1, 0.15) is 5.82 Å². The lowest BCUT2D eigenvalue weighted by atomic mass is 10.00. The van der Waals surface area contributed by atoms with Gasteiger partial charge in [0, 0.05) is 24.0 Å². The van der Waals surface area contributed by atoms with Gasteiger partial charge in [-0.05, 0) is 41.8 Å². The number of fused-ring (bicyclic) bond motifs is 1. The molecule has 0 saturated carbocycles. The largest absolute Gasteiger partial charge is 0.301 e. The maximum atomic E-state index is 13.0. The summed E-state index contributed by atoms with van der Waals surface area (Å²) in [5, 5.41) is 5.29. The van der Waals surface area contributed by atoms with Crippen LogP contribution in [-0.4, -0.2) is 28.9 Å². The van der Waals surface area contributed by atoms with Gasteiger partial charge in [0.25, 0.3) is 0 Å². The van der Waals surface area contributed by atoms with Crippen LogP contribution in [0.2, 0.25) is 0 Å². The van der Waals surface area contributed by atoms with Crippen molar-refractivity contribution < 1.29 is 9.18 Å². The van der Waals surface area contributed by atoms with Gasteiger partial charge in [-0.3, -0.25) is 9.69 Å². The summed E-state index contributed by atoms with van der Waals surface area (Å²) in [4.78, 5) is 18.9. The smallest absolute Gasteiger partial charge is 0.240 e. The molecule has 2 aromatic carbocycles. The Hall–Kier alpha value is -2.57. The van der Waals surface area contributed by atoms with Crippen molar-refractivity contribution in [2.45, 2.75) is 13.0 Å². The number of rotatable bonds is 4. The van der Waals surface area contributed by atoms with Gasteiger partial charge < -0.3 is 5.32 Å². The third-order valence-electron chi connectivity index (χ3n) is 4.47. The second kappa shape index (κ2) is 7.35. The maximum absolute atomic E-state index is 13.0. The van der Waals surface area contributed by atoms with Crippen molar-refractivity contribution in [1.82, 2.24) is 9.88 Å². The van der Waals surface area contributed by atoms with E-state index in [1.54, 1.807) is 12.1 Å². The Morgan fingerprint density at radius 2 is 1.92 bits per heavy atom. The van der Waals surface area contributed by atoms with E-state index < -0.39 is 0 Å². The van der Waals surface area contributed by atoms with E-state index in [9.17, 15) is 9.18 Å². The van der Waals surface area contributed by atoms with Crippen LogP contribution in [0.3, 0.4) is 0 Å². The molecule has 1 aliphatic heterocycles. The van der Waals surface area contributed by atoms with E-state index in [2.05, 4.69) is 33.4 Å². The van der Waals surface area contributed by atoms with Crippen molar-refractivity contribution in [3.05, 3.63) is 70.9 Å². The number of nitrogens with one attached hydrogen (secondary N) is 1. The molecule has 1 aromatic heterocycles. The van der Waals surface area contributed by atoms with Crippen molar-refractivity contribution >= 4 is 22.4 Å². The minimum Gasteiger partial charge on any atom is -0.301 e. The zero-order valence-electron chi connectivity index (χ0n) is 14.1. The summed E-state index contributed by atoms with van der Waals surface area (Å²) in [6.45, 7) is 2.02. The highest BCUT2D eigenvalue weighted by Crippen LogP contribution is 2.25. The Bertz CT molecular complexity index is 923. The fourth-order valence-corrected chi connectivity index (χ4v) is 3.87. The molecule has 2 heterocycles. The normalized spacial score (nSPS) is 14.0. The second-order valence-electron chi connectivity index (χ2n) is 6.32. The van der Waals surface area contributed by atoms with Crippen LogP contribution in [0.5, 0.6) is 0 Å². The van der Waals surface area contributed by atoms with E-state index in [1.807, 2.05) is 11.4 Å².